The third-order valence-corrected chi connectivity index (χ3v) is 0.416. The Kier molecular flexibility index (Phi) is 2.98. The van der Waals surface area contributed by atoms with Gasteiger partial charge in [0.2, 0.25) is 0 Å². The smallest absolute Gasteiger partial charge is 0.0759 e. The molecule has 0 spiro atoms. The zero-order valence-corrected chi connectivity index (χ0v) is 4.75. The molecule has 0 aliphatic heterocycles. The highest BCUT2D eigenvalue weighted by molar-refractivity contribution is 7.78. The summed E-state index contributed by atoms with van der Waals surface area (Å²) in [6.07, 6.45) is 0. The lowest BCUT2D eigenvalue weighted by Gasteiger charge is -2.04. The molecule has 0 atom stereocenters. The molecule has 0 aliphatic rings. The Morgan fingerprint density at radius 3 is 2.17 bits per heavy atom. The monoisotopic (exact) mass is 104 g/mol. The minimum atomic E-state index is 1.46. The van der Waals surface area contributed by atoms with Gasteiger partial charge in [-0.1, -0.05) is 12.2 Å². The fourth-order valence-corrected chi connectivity index (χ4v) is 0.316. The number of rotatable bonds is 2. The van der Waals surface area contributed by atoms with Gasteiger partial charge in [0.05, 0.1) is 5.49 Å². The Hall–Kier alpha value is -0.150. The van der Waals surface area contributed by atoms with Crippen LogP contribution in [0.25, 0.3) is 0 Å². The maximum Gasteiger partial charge on any atom is 0.0759 e. The second-order valence-corrected chi connectivity index (χ2v) is 1.38. The van der Waals surface area contributed by atoms with Crippen LogP contribution in [0.1, 0.15) is 0 Å². The predicted octanol–water partition coefficient (Wildman–Crippen LogP) is 0.00980. The molecule has 0 bridgehead atoms. The van der Waals surface area contributed by atoms with E-state index in [0.29, 0.717) is 0 Å². The summed E-state index contributed by atoms with van der Waals surface area (Å²) >= 11 is 4.45. The SMILES string of the molecule is CN(C)NC=S. The lowest BCUT2D eigenvalue weighted by atomic mass is 11.1. The van der Waals surface area contributed by atoms with Crippen LogP contribution in [0, 0.1) is 0 Å². The zero-order valence-electron chi connectivity index (χ0n) is 3.93. The molecule has 0 rings (SSSR count). The van der Waals surface area contributed by atoms with Crippen LogP contribution in [0.3, 0.4) is 0 Å². The quantitative estimate of drug-likeness (QED) is 0.392. The molecule has 36 valence electrons. The van der Waals surface area contributed by atoms with Crippen LogP contribution >= 0.6 is 12.2 Å². The summed E-state index contributed by atoms with van der Waals surface area (Å²) in [4.78, 5) is 0. The van der Waals surface area contributed by atoms with E-state index in [2.05, 4.69) is 17.6 Å². The fourth-order valence-electron chi connectivity index (χ4n) is 0.105. The number of hydrazine groups is 1. The normalized spacial score (nSPS) is 8.50. The van der Waals surface area contributed by atoms with E-state index >= 15 is 0 Å². The average molecular weight is 104 g/mol. The Morgan fingerprint density at radius 2 is 2.17 bits per heavy atom. The lowest BCUT2D eigenvalue weighted by molar-refractivity contribution is 0.370. The molecule has 2 nitrogen and oxygen atoms in total. The molecule has 0 radical (unpaired) electrons. The molecule has 0 fully saturated rings. The van der Waals surface area contributed by atoms with Gasteiger partial charge >= 0.3 is 0 Å². The van der Waals surface area contributed by atoms with Gasteiger partial charge in [-0.25, -0.2) is 5.01 Å². The van der Waals surface area contributed by atoms with Crippen molar-refractivity contribution in [2.45, 2.75) is 0 Å². The minimum absolute atomic E-state index is 1.46. The number of thiocarbonyl (C=S) groups is 1. The molecule has 0 aromatic rings. The summed E-state index contributed by atoms with van der Waals surface area (Å²) in [6.45, 7) is 0. The van der Waals surface area contributed by atoms with Crippen LogP contribution in [-0.2, 0) is 0 Å². The first-order valence-corrected chi connectivity index (χ1v) is 2.11. The second-order valence-electron chi connectivity index (χ2n) is 1.14. The fraction of sp³-hybridized carbons (Fsp3) is 0.667. The van der Waals surface area contributed by atoms with Crippen molar-refractivity contribution >= 4 is 17.7 Å². The van der Waals surface area contributed by atoms with E-state index in [-0.39, 0.29) is 0 Å². The number of nitrogens with one attached hydrogen (secondary N) is 1. The van der Waals surface area contributed by atoms with Crippen LogP contribution in [0.15, 0.2) is 0 Å². The summed E-state index contributed by atoms with van der Waals surface area (Å²) in [5.41, 5.74) is 4.19. The average Bonchev–Trinajstić information content (AvgIpc) is 1.35. The third-order valence-electron chi connectivity index (χ3n) is 0.311. The largest absolute Gasteiger partial charge is 0.316 e. The van der Waals surface area contributed by atoms with E-state index < -0.39 is 0 Å². The molecule has 0 saturated carbocycles. The molecule has 3 heteroatoms. The van der Waals surface area contributed by atoms with Gasteiger partial charge in [-0.05, 0) is 0 Å². The van der Waals surface area contributed by atoms with E-state index in [1.54, 1.807) is 5.01 Å². The van der Waals surface area contributed by atoms with Crippen molar-refractivity contribution in [2.24, 2.45) is 0 Å². The highest BCUT2D eigenvalue weighted by Crippen LogP contribution is 1.53. The Labute approximate surface area is 43.1 Å². The van der Waals surface area contributed by atoms with E-state index in [0.717, 1.165) is 0 Å². The van der Waals surface area contributed by atoms with Crippen molar-refractivity contribution in [1.82, 2.24) is 10.4 Å². The van der Waals surface area contributed by atoms with Gasteiger partial charge in [0.15, 0.2) is 0 Å². The van der Waals surface area contributed by atoms with Gasteiger partial charge in [0.25, 0.3) is 0 Å². The number of nitrogens with zero attached hydrogens (tertiary/aromatic N) is 1. The molecule has 0 aromatic carbocycles. The van der Waals surface area contributed by atoms with E-state index in [9.17, 15) is 0 Å². The van der Waals surface area contributed by atoms with E-state index in [1.807, 2.05) is 14.1 Å². The summed E-state index contributed by atoms with van der Waals surface area (Å²) in [5.74, 6) is 0. The molecule has 0 amide bonds. The third kappa shape index (κ3) is 3.85. The molecular weight excluding hydrogens is 96.1 g/mol. The van der Waals surface area contributed by atoms with Crippen LogP contribution in [0.5, 0.6) is 0 Å². The van der Waals surface area contributed by atoms with Crippen molar-refractivity contribution in [1.29, 1.82) is 0 Å². The van der Waals surface area contributed by atoms with Crippen LogP contribution in [0.4, 0.5) is 0 Å². The Morgan fingerprint density at radius 1 is 1.67 bits per heavy atom. The molecular formula is C3H8N2S. The summed E-state index contributed by atoms with van der Waals surface area (Å²) in [5, 5.41) is 1.77. The summed E-state index contributed by atoms with van der Waals surface area (Å²) in [6, 6.07) is 0. The highest BCUT2D eigenvalue weighted by atomic mass is 32.1. The van der Waals surface area contributed by atoms with Gasteiger partial charge in [-0.3, -0.25) is 0 Å². The molecule has 0 saturated heterocycles. The molecule has 0 heterocycles. The summed E-state index contributed by atoms with van der Waals surface area (Å²) in [7, 11) is 3.76. The molecule has 0 unspecified atom stereocenters. The molecule has 0 aromatic heterocycles. The van der Waals surface area contributed by atoms with Crippen molar-refractivity contribution in [3.05, 3.63) is 0 Å². The number of hydrogen-bond acceptors (Lipinski definition) is 2. The first-order valence-electron chi connectivity index (χ1n) is 1.64. The van der Waals surface area contributed by atoms with E-state index in [4.69, 9.17) is 0 Å². The first kappa shape index (κ1) is 5.85. The van der Waals surface area contributed by atoms with Gasteiger partial charge in [0.1, 0.15) is 0 Å². The van der Waals surface area contributed by atoms with E-state index in [1.165, 1.54) is 5.49 Å². The molecule has 6 heavy (non-hydrogen) atoms. The van der Waals surface area contributed by atoms with Crippen molar-refractivity contribution in [3.8, 4) is 0 Å². The van der Waals surface area contributed by atoms with Crippen LogP contribution < -0.4 is 5.43 Å². The van der Waals surface area contributed by atoms with Gasteiger partial charge in [-0.2, -0.15) is 0 Å². The van der Waals surface area contributed by atoms with Gasteiger partial charge in [0, 0.05) is 14.1 Å². The predicted molar refractivity (Wildman–Crippen MR) is 30.5 cm³/mol. The van der Waals surface area contributed by atoms with Gasteiger partial charge < -0.3 is 5.43 Å². The molecule has 0 aliphatic carbocycles. The van der Waals surface area contributed by atoms with Crippen LogP contribution in [0.2, 0.25) is 0 Å². The topological polar surface area (TPSA) is 15.3 Å². The van der Waals surface area contributed by atoms with Crippen molar-refractivity contribution in [3.63, 3.8) is 0 Å². The minimum Gasteiger partial charge on any atom is -0.316 e. The van der Waals surface area contributed by atoms with Crippen LogP contribution in [-0.4, -0.2) is 24.6 Å². The standard InChI is InChI=1S/C3H8N2S/c1-5(2)4-3-6/h3H,1-2H3,(H,4,6). The summed E-state index contributed by atoms with van der Waals surface area (Å²) < 4.78 is 0. The second kappa shape index (κ2) is 3.06. The number of hydrogen-bond donors (Lipinski definition) is 1. The lowest BCUT2D eigenvalue weighted by Crippen LogP contribution is -2.27. The molecule has 1 N–H and O–H groups in total. The zero-order chi connectivity index (χ0) is 4.99. The Bertz CT molecular complexity index is 44.1. The maximum atomic E-state index is 4.45. The maximum absolute atomic E-state index is 4.45. The van der Waals surface area contributed by atoms with Crippen molar-refractivity contribution in [2.75, 3.05) is 14.1 Å². The Balaban J connectivity index is 2.81. The first-order chi connectivity index (χ1) is 2.77. The van der Waals surface area contributed by atoms with Gasteiger partial charge in [-0.15, -0.1) is 0 Å². The van der Waals surface area contributed by atoms with Crippen molar-refractivity contribution < 1.29 is 0 Å². The highest BCUT2D eigenvalue weighted by Gasteiger charge is 1.72.